The largest absolute Gasteiger partial charge is 0.462 e. The van der Waals surface area contributed by atoms with E-state index in [0.717, 1.165) is 61.9 Å². The maximum atomic E-state index is 12.7. The molecule has 1 heterocycles. The maximum absolute atomic E-state index is 12.7. The number of amides is 1. The second kappa shape index (κ2) is 8.84. The molecule has 1 saturated carbocycles. The second-order valence-electron chi connectivity index (χ2n) is 7.17. The molecule has 1 aromatic heterocycles. The van der Waals surface area contributed by atoms with Crippen LogP contribution in [0, 0.1) is 5.92 Å². The predicted octanol–water partition coefficient (Wildman–Crippen LogP) is 5.10. The summed E-state index contributed by atoms with van der Waals surface area (Å²) in [5, 5.41) is 3.82. The predicted molar refractivity (Wildman–Crippen MR) is 101 cm³/mol. The number of nitrogens with one attached hydrogen (secondary N) is 1. The minimum absolute atomic E-state index is 0.0828. The van der Waals surface area contributed by atoms with Gasteiger partial charge in [0.15, 0.2) is 0 Å². The molecule has 0 aromatic carbocycles. The average Bonchev–Trinajstić information content (AvgIpc) is 2.92. The van der Waals surface area contributed by atoms with Crippen LogP contribution in [0.15, 0.2) is 0 Å². The van der Waals surface area contributed by atoms with E-state index >= 15 is 0 Å². The number of aryl methyl sites for hydroxylation is 1. The lowest BCUT2D eigenvalue weighted by molar-refractivity contribution is -0.120. The van der Waals surface area contributed by atoms with Crippen molar-refractivity contribution in [3.63, 3.8) is 0 Å². The van der Waals surface area contributed by atoms with E-state index in [1.807, 2.05) is 6.92 Å². The Labute approximate surface area is 154 Å². The third-order valence-electron chi connectivity index (χ3n) is 5.36. The summed E-state index contributed by atoms with van der Waals surface area (Å²) in [5.41, 5.74) is 1.76. The zero-order valence-corrected chi connectivity index (χ0v) is 16.0. The Kier molecular flexibility index (Phi) is 6.51. The van der Waals surface area contributed by atoms with Gasteiger partial charge in [-0.2, -0.15) is 0 Å². The van der Waals surface area contributed by atoms with Gasteiger partial charge in [0, 0.05) is 10.8 Å². The number of carbonyl (C=O) groups excluding carboxylic acids is 2. The number of anilines is 1. The van der Waals surface area contributed by atoms with Gasteiger partial charge in [-0.1, -0.05) is 32.1 Å². The Balaban J connectivity index is 1.86. The molecule has 0 bridgehead atoms. The van der Waals surface area contributed by atoms with Crippen LogP contribution in [-0.4, -0.2) is 18.5 Å². The summed E-state index contributed by atoms with van der Waals surface area (Å²) < 4.78 is 5.31. The molecule has 25 heavy (non-hydrogen) atoms. The van der Waals surface area contributed by atoms with E-state index in [1.54, 1.807) is 11.3 Å². The first-order valence-electron chi connectivity index (χ1n) is 9.83. The molecular formula is C20H29NO3S. The van der Waals surface area contributed by atoms with Crippen molar-refractivity contribution < 1.29 is 14.3 Å². The van der Waals surface area contributed by atoms with Gasteiger partial charge in [0.1, 0.15) is 5.00 Å². The fraction of sp³-hybridized carbons (Fsp3) is 0.700. The molecule has 1 amide bonds. The van der Waals surface area contributed by atoms with E-state index in [9.17, 15) is 9.59 Å². The van der Waals surface area contributed by atoms with Crippen LogP contribution in [0.4, 0.5) is 5.00 Å². The first kappa shape index (κ1) is 18.4. The standard InChI is InChI=1S/C20H29NO3S/c1-2-24-20(23)17-15-12-8-3-4-9-13-16(15)25-19(17)21-18(22)14-10-6-5-7-11-14/h14H,2-13H2,1H3,(H,21,22). The van der Waals surface area contributed by atoms with Crippen LogP contribution < -0.4 is 5.32 Å². The van der Waals surface area contributed by atoms with Crippen molar-refractivity contribution >= 4 is 28.2 Å². The first-order chi connectivity index (χ1) is 12.2. The fourth-order valence-corrected chi connectivity index (χ4v) is 5.29. The van der Waals surface area contributed by atoms with Crippen molar-refractivity contribution in [2.45, 2.75) is 77.6 Å². The highest BCUT2D eigenvalue weighted by molar-refractivity contribution is 7.17. The summed E-state index contributed by atoms with van der Waals surface area (Å²) in [6, 6.07) is 0. The lowest BCUT2D eigenvalue weighted by Gasteiger charge is -2.20. The van der Waals surface area contributed by atoms with Gasteiger partial charge >= 0.3 is 5.97 Å². The lowest BCUT2D eigenvalue weighted by atomic mass is 9.88. The quantitative estimate of drug-likeness (QED) is 0.757. The van der Waals surface area contributed by atoms with Gasteiger partial charge in [0.25, 0.3) is 0 Å². The lowest BCUT2D eigenvalue weighted by Crippen LogP contribution is -2.25. The van der Waals surface area contributed by atoms with Gasteiger partial charge in [-0.3, -0.25) is 4.79 Å². The molecule has 1 aromatic rings. The van der Waals surface area contributed by atoms with Gasteiger partial charge in [-0.05, 0) is 51.0 Å². The molecule has 0 radical (unpaired) electrons. The number of esters is 1. The maximum Gasteiger partial charge on any atom is 0.341 e. The summed E-state index contributed by atoms with van der Waals surface area (Å²) in [6.45, 7) is 2.19. The number of hydrogen-bond acceptors (Lipinski definition) is 4. The second-order valence-corrected chi connectivity index (χ2v) is 8.27. The number of ether oxygens (including phenoxy) is 1. The minimum atomic E-state index is -0.278. The zero-order valence-electron chi connectivity index (χ0n) is 15.2. The van der Waals surface area contributed by atoms with Crippen LogP contribution >= 0.6 is 11.3 Å². The Hall–Kier alpha value is -1.36. The van der Waals surface area contributed by atoms with Gasteiger partial charge in [0.2, 0.25) is 5.91 Å². The molecule has 5 heteroatoms. The SMILES string of the molecule is CCOC(=O)c1c(NC(=O)C2CCCCC2)sc2c1CCCCCC2. The molecule has 4 nitrogen and oxygen atoms in total. The fourth-order valence-electron chi connectivity index (χ4n) is 4.01. The summed E-state index contributed by atoms with van der Waals surface area (Å²) >= 11 is 1.60. The van der Waals surface area contributed by atoms with Crippen molar-refractivity contribution in [2.24, 2.45) is 5.92 Å². The van der Waals surface area contributed by atoms with E-state index in [0.29, 0.717) is 12.2 Å². The molecule has 0 atom stereocenters. The van der Waals surface area contributed by atoms with Crippen LogP contribution in [0.5, 0.6) is 0 Å². The van der Waals surface area contributed by atoms with Crippen molar-refractivity contribution in [1.82, 2.24) is 0 Å². The van der Waals surface area contributed by atoms with Crippen LogP contribution in [0.3, 0.4) is 0 Å². The molecule has 1 fully saturated rings. The molecule has 0 unspecified atom stereocenters. The molecule has 3 rings (SSSR count). The monoisotopic (exact) mass is 363 g/mol. The van der Waals surface area contributed by atoms with E-state index in [2.05, 4.69) is 5.32 Å². The normalized spacial score (nSPS) is 18.8. The molecule has 138 valence electrons. The Morgan fingerprint density at radius 2 is 1.72 bits per heavy atom. The number of hydrogen-bond donors (Lipinski definition) is 1. The zero-order chi connectivity index (χ0) is 17.6. The number of thiophene rings is 1. The number of fused-ring (bicyclic) bond motifs is 1. The van der Waals surface area contributed by atoms with Crippen molar-refractivity contribution in [2.75, 3.05) is 11.9 Å². The Morgan fingerprint density at radius 3 is 2.44 bits per heavy atom. The number of rotatable bonds is 4. The molecule has 0 aliphatic heterocycles. The molecule has 1 N–H and O–H groups in total. The van der Waals surface area contributed by atoms with E-state index < -0.39 is 0 Å². The van der Waals surface area contributed by atoms with Crippen LogP contribution in [0.1, 0.15) is 85.5 Å². The van der Waals surface area contributed by atoms with Gasteiger partial charge < -0.3 is 10.1 Å². The van der Waals surface area contributed by atoms with Crippen molar-refractivity contribution in [3.8, 4) is 0 Å². The summed E-state index contributed by atoms with van der Waals surface area (Å²) in [4.78, 5) is 26.5. The molecular weight excluding hydrogens is 334 g/mol. The Morgan fingerprint density at radius 1 is 1.04 bits per heavy atom. The van der Waals surface area contributed by atoms with E-state index in [-0.39, 0.29) is 17.8 Å². The third kappa shape index (κ3) is 4.43. The minimum Gasteiger partial charge on any atom is -0.462 e. The highest BCUT2D eigenvalue weighted by Gasteiger charge is 2.28. The van der Waals surface area contributed by atoms with Crippen molar-refractivity contribution in [3.05, 3.63) is 16.0 Å². The van der Waals surface area contributed by atoms with Gasteiger partial charge in [-0.25, -0.2) is 4.79 Å². The molecule has 2 aliphatic carbocycles. The summed E-state index contributed by atoms with van der Waals surface area (Å²) in [5.74, 6) is -0.104. The molecule has 0 saturated heterocycles. The summed E-state index contributed by atoms with van der Waals surface area (Å²) in [7, 11) is 0. The van der Waals surface area contributed by atoms with E-state index in [4.69, 9.17) is 4.74 Å². The van der Waals surface area contributed by atoms with E-state index in [1.165, 1.54) is 24.1 Å². The van der Waals surface area contributed by atoms with Crippen LogP contribution in [0.2, 0.25) is 0 Å². The van der Waals surface area contributed by atoms with Gasteiger partial charge in [0.05, 0.1) is 12.2 Å². The molecule has 0 spiro atoms. The number of carbonyl (C=O) groups is 2. The third-order valence-corrected chi connectivity index (χ3v) is 6.57. The molecule has 2 aliphatic rings. The first-order valence-corrected chi connectivity index (χ1v) is 10.6. The summed E-state index contributed by atoms with van der Waals surface area (Å²) in [6.07, 6.45) is 12.1. The highest BCUT2D eigenvalue weighted by Crippen LogP contribution is 2.38. The smallest absolute Gasteiger partial charge is 0.341 e. The van der Waals surface area contributed by atoms with Crippen LogP contribution in [-0.2, 0) is 22.4 Å². The van der Waals surface area contributed by atoms with Gasteiger partial charge in [-0.15, -0.1) is 11.3 Å². The van der Waals surface area contributed by atoms with Crippen molar-refractivity contribution in [1.29, 1.82) is 0 Å². The topological polar surface area (TPSA) is 55.4 Å². The average molecular weight is 364 g/mol. The highest BCUT2D eigenvalue weighted by atomic mass is 32.1. The van der Waals surface area contributed by atoms with Crippen LogP contribution in [0.25, 0.3) is 0 Å². The Bertz CT molecular complexity index is 617.